The molecule has 102 valence electrons. The number of hydrogen-bond donors (Lipinski definition) is 1. The van der Waals surface area contributed by atoms with Crippen molar-refractivity contribution in [2.24, 2.45) is 11.3 Å². The third-order valence-electron chi connectivity index (χ3n) is 4.81. The Balaban J connectivity index is 1.81. The van der Waals surface area contributed by atoms with Gasteiger partial charge in [-0.15, -0.1) is 0 Å². The van der Waals surface area contributed by atoms with E-state index in [9.17, 15) is 9.90 Å². The Morgan fingerprint density at radius 1 is 1.44 bits per heavy atom. The van der Waals surface area contributed by atoms with E-state index in [0.717, 1.165) is 45.2 Å². The molecule has 1 amide bonds. The maximum atomic E-state index is 12.2. The van der Waals surface area contributed by atoms with E-state index in [4.69, 9.17) is 0 Å². The summed E-state index contributed by atoms with van der Waals surface area (Å²) in [5.74, 6) is 0.766. The van der Waals surface area contributed by atoms with Gasteiger partial charge in [0.15, 0.2) is 0 Å². The minimum absolute atomic E-state index is 0.0735. The molecule has 1 aliphatic carbocycles. The summed E-state index contributed by atoms with van der Waals surface area (Å²) in [5.41, 5.74) is 0.0735. The van der Waals surface area contributed by atoms with Crippen LogP contribution in [0.25, 0.3) is 0 Å². The van der Waals surface area contributed by atoms with E-state index in [1.165, 1.54) is 0 Å². The van der Waals surface area contributed by atoms with Gasteiger partial charge in [-0.25, -0.2) is 0 Å². The molecule has 0 saturated carbocycles. The average Bonchev–Trinajstić information content (AvgIpc) is 2.91. The highest BCUT2D eigenvalue weighted by atomic mass is 16.3. The second-order valence-electron chi connectivity index (χ2n) is 5.86. The fourth-order valence-corrected chi connectivity index (χ4v) is 3.07. The summed E-state index contributed by atoms with van der Waals surface area (Å²) < 4.78 is 0. The van der Waals surface area contributed by atoms with Crippen LogP contribution in [-0.4, -0.2) is 35.6 Å². The van der Waals surface area contributed by atoms with Crippen LogP contribution in [0.4, 0.5) is 0 Å². The van der Waals surface area contributed by atoms with E-state index in [1.807, 2.05) is 4.90 Å². The van der Waals surface area contributed by atoms with Crippen molar-refractivity contribution in [3.05, 3.63) is 12.2 Å². The van der Waals surface area contributed by atoms with Crippen molar-refractivity contribution in [1.82, 2.24) is 4.90 Å². The lowest BCUT2D eigenvalue weighted by Crippen LogP contribution is -2.44. The highest BCUT2D eigenvalue weighted by Gasteiger charge is 2.34. The summed E-state index contributed by atoms with van der Waals surface area (Å²) in [5, 5.41) is 9.48. The zero-order valence-electron chi connectivity index (χ0n) is 11.4. The number of aliphatic hydroxyl groups excluding tert-OH is 1. The third-order valence-corrected chi connectivity index (χ3v) is 4.81. The van der Waals surface area contributed by atoms with E-state index >= 15 is 0 Å². The molecule has 0 aromatic carbocycles. The van der Waals surface area contributed by atoms with Crippen LogP contribution in [0.3, 0.4) is 0 Å². The smallest absolute Gasteiger partial charge is 0.223 e. The first-order valence-corrected chi connectivity index (χ1v) is 7.24. The van der Waals surface area contributed by atoms with Crippen LogP contribution in [0.2, 0.25) is 0 Å². The quantitative estimate of drug-likeness (QED) is 0.779. The molecule has 1 heterocycles. The molecule has 3 nitrogen and oxygen atoms in total. The Labute approximate surface area is 110 Å². The summed E-state index contributed by atoms with van der Waals surface area (Å²) in [6.07, 6.45) is 10.2. The van der Waals surface area contributed by atoms with Crippen molar-refractivity contribution in [3.8, 4) is 0 Å². The highest BCUT2D eigenvalue weighted by molar-refractivity contribution is 5.76. The number of piperidine rings is 1. The first-order chi connectivity index (χ1) is 8.69. The molecule has 1 unspecified atom stereocenters. The van der Waals surface area contributed by atoms with E-state index in [-0.39, 0.29) is 12.0 Å². The Morgan fingerprint density at radius 2 is 2.17 bits per heavy atom. The molecule has 0 aromatic heterocycles. The van der Waals surface area contributed by atoms with Crippen LogP contribution in [0.5, 0.6) is 0 Å². The summed E-state index contributed by atoms with van der Waals surface area (Å²) >= 11 is 0. The number of rotatable bonds is 4. The summed E-state index contributed by atoms with van der Waals surface area (Å²) in [6, 6.07) is 0. The van der Waals surface area contributed by atoms with Gasteiger partial charge in [0.1, 0.15) is 0 Å². The molecule has 18 heavy (non-hydrogen) atoms. The number of aliphatic hydroxyl groups is 1. The van der Waals surface area contributed by atoms with E-state index in [2.05, 4.69) is 19.1 Å². The molecule has 0 radical (unpaired) electrons. The van der Waals surface area contributed by atoms with Gasteiger partial charge < -0.3 is 10.0 Å². The molecule has 0 aromatic rings. The summed E-state index contributed by atoms with van der Waals surface area (Å²) in [7, 11) is 0. The van der Waals surface area contributed by atoms with Crippen molar-refractivity contribution < 1.29 is 9.90 Å². The molecule has 0 bridgehead atoms. The maximum absolute atomic E-state index is 12.2. The molecular weight excluding hydrogens is 226 g/mol. The van der Waals surface area contributed by atoms with Gasteiger partial charge in [0.05, 0.1) is 0 Å². The predicted octanol–water partition coefficient (Wildman–Crippen LogP) is 2.35. The molecule has 1 atom stereocenters. The van der Waals surface area contributed by atoms with Gasteiger partial charge in [0.2, 0.25) is 5.91 Å². The number of nitrogens with zero attached hydrogens (tertiary/aromatic N) is 1. The van der Waals surface area contributed by atoms with Crippen molar-refractivity contribution in [2.75, 3.05) is 19.7 Å². The minimum atomic E-state index is 0.0735. The zero-order valence-corrected chi connectivity index (χ0v) is 11.4. The number of carbonyl (C=O) groups is 1. The van der Waals surface area contributed by atoms with Crippen LogP contribution in [-0.2, 0) is 4.79 Å². The van der Waals surface area contributed by atoms with Gasteiger partial charge in [0, 0.05) is 26.1 Å². The van der Waals surface area contributed by atoms with Crippen LogP contribution < -0.4 is 0 Å². The maximum Gasteiger partial charge on any atom is 0.223 e. The van der Waals surface area contributed by atoms with Crippen LogP contribution in [0.15, 0.2) is 12.2 Å². The van der Waals surface area contributed by atoms with E-state index in [0.29, 0.717) is 18.2 Å². The SMILES string of the molecule is CCC1(CO)CCN(C(=O)CC2C=CCC2)CC1. The molecule has 1 aliphatic heterocycles. The Morgan fingerprint density at radius 3 is 2.67 bits per heavy atom. The second kappa shape index (κ2) is 5.87. The van der Waals surface area contributed by atoms with Crippen molar-refractivity contribution in [3.63, 3.8) is 0 Å². The number of carbonyl (C=O) groups excluding carboxylic acids is 1. The lowest BCUT2D eigenvalue weighted by Gasteiger charge is -2.40. The number of likely N-dealkylation sites (tertiary alicyclic amines) is 1. The topological polar surface area (TPSA) is 40.5 Å². The van der Waals surface area contributed by atoms with Crippen molar-refractivity contribution >= 4 is 5.91 Å². The zero-order chi connectivity index (χ0) is 13.0. The van der Waals surface area contributed by atoms with Gasteiger partial charge in [0.25, 0.3) is 0 Å². The molecule has 1 saturated heterocycles. The lowest BCUT2D eigenvalue weighted by molar-refractivity contribution is -0.134. The molecule has 0 spiro atoms. The number of hydrogen-bond acceptors (Lipinski definition) is 2. The number of amides is 1. The van der Waals surface area contributed by atoms with E-state index in [1.54, 1.807) is 0 Å². The van der Waals surface area contributed by atoms with Crippen molar-refractivity contribution in [2.45, 2.75) is 45.4 Å². The Hall–Kier alpha value is -0.830. The highest BCUT2D eigenvalue weighted by Crippen LogP contribution is 2.34. The second-order valence-corrected chi connectivity index (χ2v) is 5.86. The third kappa shape index (κ3) is 2.94. The fraction of sp³-hybridized carbons (Fsp3) is 0.800. The normalized spacial score (nSPS) is 26.6. The van der Waals surface area contributed by atoms with Crippen LogP contribution in [0.1, 0.15) is 45.4 Å². The predicted molar refractivity (Wildman–Crippen MR) is 72.1 cm³/mol. The largest absolute Gasteiger partial charge is 0.396 e. The van der Waals surface area contributed by atoms with E-state index < -0.39 is 0 Å². The molecule has 2 aliphatic rings. The van der Waals surface area contributed by atoms with Gasteiger partial charge in [-0.05, 0) is 43.4 Å². The number of allylic oxidation sites excluding steroid dienone is 2. The Kier molecular flexibility index (Phi) is 4.44. The van der Waals surface area contributed by atoms with Gasteiger partial charge in [-0.2, -0.15) is 0 Å². The summed E-state index contributed by atoms with van der Waals surface area (Å²) in [6.45, 7) is 4.04. The Bertz CT molecular complexity index is 310. The molecular formula is C15H25NO2. The fourth-order valence-electron chi connectivity index (χ4n) is 3.07. The van der Waals surface area contributed by atoms with Gasteiger partial charge in [-0.3, -0.25) is 4.79 Å². The monoisotopic (exact) mass is 251 g/mol. The lowest BCUT2D eigenvalue weighted by atomic mass is 9.77. The van der Waals surface area contributed by atoms with Crippen LogP contribution in [0, 0.1) is 11.3 Å². The first kappa shape index (κ1) is 13.6. The van der Waals surface area contributed by atoms with Crippen molar-refractivity contribution in [1.29, 1.82) is 0 Å². The molecule has 3 heteroatoms. The molecule has 1 fully saturated rings. The van der Waals surface area contributed by atoms with Gasteiger partial charge >= 0.3 is 0 Å². The minimum Gasteiger partial charge on any atom is -0.396 e. The first-order valence-electron chi connectivity index (χ1n) is 7.24. The van der Waals surface area contributed by atoms with Gasteiger partial charge in [-0.1, -0.05) is 19.1 Å². The van der Waals surface area contributed by atoms with Crippen LogP contribution >= 0.6 is 0 Å². The molecule has 2 rings (SSSR count). The average molecular weight is 251 g/mol. The standard InChI is InChI=1S/C15H25NO2/c1-2-15(12-17)7-9-16(10-8-15)14(18)11-13-5-3-4-6-13/h3,5,13,17H,2,4,6-12H2,1H3. The molecule has 1 N–H and O–H groups in total. The summed E-state index contributed by atoms with van der Waals surface area (Å²) in [4.78, 5) is 14.2.